The Hall–Kier alpha value is -0.980. The number of hydrogen-bond donors (Lipinski definition) is 0. The quantitative estimate of drug-likeness (QED) is 0.533. The minimum Gasteiger partial charge on any atom is -0.328 e. The van der Waals surface area contributed by atoms with Crippen LogP contribution in [-0.2, 0) is 0 Å². The van der Waals surface area contributed by atoms with Gasteiger partial charge in [0.2, 0.25) is 0 Å². The second-order valence-corrected chi connectivity index (χ2v) is 2.32. The Morgan fingerprint density at radius 2 is 1.89 bits per heavy atom. The van der Waals surface area contributed by atoms with E-state index in [2.05, 4.69) is 35.2 Å². The van der Waals surface area contributed by atoms with Gasteiger partial charge in [-0.3, -0.25) is 0 Å². The first-order valence-electron chi connectivity index (χ1n) is 3.29. The Bertz CT molecular complexity index is 219. The van der Waals surface area contributed by atoms with Crippen LogP contribution in [0.15, 0.2) is 30.6 Å². The Balaban J connectivity index is 2.34. The van der Waals surface area contributed by atoms with Crippen molar-refractivity contribution >= 4 is 5.70 Å². The van der Waals surface area contributed by atoms with Gasteiger partial charge in [0.15, 0.2) is 0 Å². The molecule has 46 valence electrons. The van der Waals surface area contributed by atoms with Gasteiger partial charge in [-0.05, 0) is 25.0 Å². The van der Waals surface area contributed by atoms with Crippen molar-refractivity contribution < 1.29 is 0 Å². The first-order chi connectivity index (χ1) is 4.47. The van der Waals surface area contributed by atoms with Gasteiger partial charge in [0.05, 0.1) is 0 Å². The van der Waals surface area contributed by atoms with E-state index < -0.39 is 0 Å². The summed E-state index contributed by atoms with van der Waals surface area (Å²) < 4.78 is 2.17. The van der Waals surface area contributed by atoms with E-state index in [0.717, 1.165) is 0 Å². The molecule has 0 N–H and O–H groups in total. The fraction of sp³-hybridized carbons (Fsp3) is 0.250. The Morgan fingerprint density at radius 1 is 1.22 bits per heavy atom. The predicted molar refractivity (Wildman–Crippen MR) is 37.9 cm³/mol. The summed E-state index contributed by atoms with van der Waals surface area (Å²) in [6.45, 7) is 0. The van der Waals surface area contributed by atoms with Gasteiger partial charge in [-0.1, -0.05) is 6.08 Å². The number of rotatable bonds is 1. The fourth-order valence-corrected chi connectivity index (χ4v) is 1.03. The molecule has 0 radical (unpaired) electrons. The molecule has 9 heavy (non-hydrogen) atoms. The summed E-state index contributed by atoms with van der Waals surface area (Å²) in [5, 5.41) is 0. The molecule has 1 aliphatic rings. The van der Waals surface area contributed by atoms with Crippen molar-refractivity contribution in [2.45, 2.75) is 12.8 Å². The molecule has 2 rings (SSSR count). The summed E-state index contributed by atoms with van der Waals surface area (Å²) in [5.74, 6) is 0. The maximum atomic E-state index is 2.26. The van der Waals surface area contributed by atoms with Gasteiger partial charge in [0.1, 0.15) is 0 Å². The minimum absolute atomic E-state index is 1.24. The first-order valence-corrected chi connectivity index (χ1v) is 3.29. The standard InChI is InChI=1S/C8H9N/c1-2-7-9(6-1)8-4-3-5-8/h1-2,4,6-7H,3,5H2. The van der Waals surface area contributed by atoms with Crippen LogP contribution in [0.3, 0.4) is 0 Å². The van der Waals surface area contributed by atoms with Crippen LogP contribution in [0, 0.1) is 0 Å². The monoisotopic (exact) mass is 119 g/mol. The van der Waals surface area contributed by atoms with Gasteiger partial charge in [-0.2, -0.15) is 0 Å². The van der Waals surface area contributed by atoms with Crippen LogP contribution in [0.5, 0.6) is 0 Å². The maximum Gasteiger partial charge on any atom is 0.0183 e. The molecule has 1 heterocycles. The van der Waals surface area contributed by atoms with Crippen molar-refractivity contribution in [2.24, 2.45) is 0 Å². The lowest BCUT2D eigenvalue weighted by molar-refractivity contribution is 0.882. The summed E-state index contributed by atoms with van der Waals surface area (Å²) in [5.41, 5.74) is 1.44. The van der Waals surface area contributed by atoms with Gasteiger partial charge < -0.3 is 4.57 Å². The molecule has 0 amide bonds. The zero-order chi connectivity index (χ0) is 6.10. The Labute approximate surface area is 54.6 Å². The van der Waals surface area contributed by atoms with Gasteiger partial charge >= 0.3 is 0 Å². The molecule has 0 aliphatic heterocycles. The van der Waals surface area contributed by atoms with Crippen molar-refractivity contribution in [2.75, 3.05) is 0 Å². The van der Waals surface area contributed by atoms with Gasteiger partial charge in [0.25, 0.3) is 0 Å². The molecule has 1 aromatic rings. The topological polar surface area (TPSA) is 4.93 Å². The van der Waals surface area contributed by atoms with E-state index in [0.29, 0.717) is 0 Å². The van der Waals surface area contributed by atoms with E-state index in [1.807, 2.05) is 0 Å². The zero-order valence-corrected chi connectivity index (χ0v) is 5.25. The van der Waals surface area contributed by atoms with Crippen molar-refractivity contribution in [3.63, 3.8) is 0 Å². The second kappa shape index (κ2) is 1.76. The minimum atomic E-state index is 1.24. The molecule has 1 aromatic heterocycles. The Morgan fingerprint density at radius 3 is 2.33 bits per heavy atom. The van der Waals surface area contributed by atoms with E-state index in [1.165, 1.54) is 18.5 Å². The van der Waals surface area contributed by atoms with Gasteiger partial charge in [-0.15, -0.1) is 0 Å². The van der Waals surface area contributed by atoms with Gasteiger partial charge in [0, 0.05) is 18.1 Å². The van der Waals surface area contributed by atoms with Crippen LogP contribution in [0.2, 0.25) is 0 Å². The average molecular weight is 119 g/mol. The highest BCUT2D eigenvalue weighted by molar-refractivity contribution is 5.51. The SMILES string of the molecule is C1=C(n2cccc2)CC1. The number of nitrogens with zero attached hydrogens (tertiary/aromatic N) is 1. The molecule has 0 fully saturated rings. The summed E-state index contributed by atoms with van der Waals surface area (Å²) in [7, 11) is 0. The zero-order valence-electron chi connectivity index (χ0n) is 5.25. The largest absolute Gasteiger partial charge is 0.328 e. The lowest BCUT2D eigenvalue weighted by atomic mass is 10.1. The van der Waals surface area contributed by atoms with Crippen LogP contribution in [0.25, 0.3) is 5.70 Å². The maximum absolute atomic E-state index is 2.26. The third-order valence-electron chi connectivity index (χ3n) is 1.72. The lowest BCUT2D eigenvalue weighted by Crippen LogP contribution is -1.99. The summed E-state index contributed by atoms with van der Waals surface area (Å²) in [6, 6.07) is 4.11. The van der Waals surface area contributed by atoms with Crippen molar-refractivity contribution in [1.82, 2.24) is 4.57 Å². The molecule has 0 bridgehead atoms. The molecule has 1 aliphatic carbocycles. The second-order valence-electron chi connectivity index (χ2n) is 2.32. The molecule has 0 atom stereocenters. The van der Waals surface area contributed by atoms with Crippen molar-refractivity contribution in [1.29, 1.82) is 0 Å². The van der Waals surface area contributed by atoms with Crippen LogP contribution >= 0.6 is 0 Å². The summed E-state index contributed by atoms with van der Waals surface area (Å²) >= 11 is 0. The molecular formula is C8H9N. The molecule has 0 unspecified atom stereocenters. The molecule has 0 aromatic carbocycles. The smallest absolute Gasteiger partial charge is 0.0183 e. The highest BCUT2D eigenvalue weighted by Crippen LogP contribution is 2.22. The van der Waals surface area contributed by atoms with Crippen molar-refractivity contribution in [3.8, 4) is 0 Å². The third-order valence-corrected chi connectivity index (χ3v) is 1.72. The highest BCUT2D eigenvalue weighted by Gasteiger charge is 2.04. The lowest BCUT2D eigenvalue weighted by Gasteiger charge is -2.14. The number of hydrogen-bond acceptors (Lipinski definition) is 0. The molecule has 1 nitrogen and oxygen atoms in total. The van der Waals surface area contributed by atoms with E-state index in [1.54, 1.807) is 0 Å². The molecule has 0 saturated carbocycles. The third kappa shape index (κ3) is 0.689. The van der Waals surface area contributed by atoms with Gasteiger partial charge in [-0.25, -0.2) is 0 Å². The normalized spacial score (nSPS) is 16.7. The van der Waals surface area contributed by atoms with Crippen LogP contribution in [0.1, 0.15) is 12.8 Å². The van der Waals surface area contributed by atoms with E-state index in [4.69, 9.17) is 0 Å². The summed E-state index contributed by atoms with van der Waals surface area (Å²) in [4.78, 5) is 0. The number of aromatic nitrogens is 1. The van der Waals surface area contributed by atoms with Crippen molar-refractivity contribution in [3.05, 3.63) is 30.6 Å². The van der Waals surface area contributed by atoms with Crippen LogP contribution in [0.4, 0.5) is 0 Å². The van der Waals surface area contributed by atoms with E-state index in [-0.39, 0.29) is 0 Å². The van der Waals surface area contributed by atoms with E-state index >= 15 is 0 Å². The summed E-state index contributed by atoms with van der Waals surface area (Å²) in [6.07, 6.45) is 8.94. The average Bonchev–Trinajstić information content (AvgIpc) is 2.11. The molecule has 0 spiro atoms. The van der Waals surface area contributed by atoms with E-state index in [9.17, 15) is 0 Å². The first kappa shape index (κ1) is 4.86. The fourth-order valence-electron chi connectivity index (χ4n) is 1.03. The predicted octanol–water partition coefficient (Wildman–Crippen LogP) is 2.12. The Kier molecular flexibility index (Phi) is 0.950. The molecule has 1 heteroatoms. The number of allylic oxidation sites excluding steroid dienone is 2. The highest BCUT2D eigenvalue weighted by atomic mass is 15.0. The molecule has 0 saturated heterocycles. The molecular weight excluding hydrogens is 110 g/mol. The van der Waals surface area contributed by atoms with Crippen LogP contribution in [-0.4, -0.2) is 4.57 Å². The van der Waals surface area contributed by atoms with Crippen LogP contribution < -0.4 is 0 Å².